The van der Waals surface area contributed by atoms with E-state index in [1.807, 2.05) is 20.8 Å². The third kappa shape index (κ3) is 2.30. The molecular weight excluding hydrogens is 252 g/mol. The van der Waals surface area contributed by atoms with Crippen molar-refractivity contribution in [3.63, 3.8) is 0 Å². The Morgan fingerprint density at radius 2 is 2.28 bits per heavy atom. The lowest BCUT2D eigenvalue weighted by atomic mass is 10.3. The van der Waals surface area contributed by atoms with Crippen LogP contribution in [0.1, 0.15) is 19.5 Å². The molecule has 0 bridgehead atoms. The van der Waals surface area contributed by atoms with Gasteiger partial charge in [0.2, 0.25) is 0 Å². The van der Waals surface area contributed by atoms with Crippen LogP contribution in [0, 0.1) is 6.92 Å². The maximum atomic E-state index is 12.6. The van der Waals surface area contributed by atoms with E-state index in [1.54, 1.807) is 15.1 Å². The molecule has 102 valence electrons. The predicted molar refractivity (Wildman–Crippen MR) is 68.9 cm³/mol. The van der Waals surface area contributed by atoms with Crippen molar-refractivity contribution < 1.29 is 8.42 Å². The van der Waals surface area contributed by atoms with Gasteiger partial charge in [0.05, 0.1) is 5.69 Å². The molecule has 0 amide bonds. The van der Waals surface area contributed by atoms with Crippen LogP contribution >= 0.6 is 0 Å². The zero-order valence-corrected chi connectivity index (χ0v) is 11.9. The molecule has 1 aromatic rings. The minimum absolute atomic E-state index is 0.0238. The van der Waals surface area contributed by atoms with Crippen LogP contribution in [-0.2, 0) is 16.6 Å². The van der Waals surface area contributed by atoms with E-state index >= 15 is 0 Å². The van der Waals surface area contributed by atoms with Crippen molar-refractivity contribution in [3.8, 4) is 0 Å². The van der Waals surface area contributed by atoms with Crippen LogP contribution in [0.3, 0.4) is 0 Å². The van der Waals surface area contributed by atoms with Crippen LogP contribution < -0.4 is 5.32 Å². The Hall–Kier alpha value is -0.920. The number of nitrogens with one attached hydrogen (secondary N) is 1. The number of hydrogen-bond donors (Lipinski definition) is 1. The number of sulfonamides is 1. The van der Waals surface area contributed by atoms with E-state index in [0.29, 0.717) is 31.2 Å². The number of rotatable bonds is 3. The molecule has 1 saturated heterocycles. The molecule has 0 saturated carbocycles. The third-order valence-electron chi connectivity index (χ3n) is 3.18. The quantitative estimate of drug-likeness (QED) is 0.853. The molecule has 0 unspecified atom stereocenters. The monoisotopic (exact) mass is 272 g/mol. The molecule has 0 aromatic carbocycles. The first kappa shape index (κ1) is 13.5. The fraction of sp³-hybridized carbons (Fsp3) is 0.727. The second-order valence-corrected chi connectivity index (χ2v) is 6.45. The van der Waals surface area contributed by atoms with Crippen molar-refractivity contribution >= 4 is 10.0 Å². The highest BCUT2D eigenvalue weighted by Gasteiger charge is 2.33. The molecule has 2 heterocycles. The molecule has 1 fully saturated rings. The van der Waals surface area contributed by atoms with E-state index in [2.05, 4.69) is 10.4 Å². The molecule has 1 aromatic heterocycles. The van der Waals surface area contributed by atoms with Gasteiger partial charge in [-0.3, -0.25) is 4.68 Å². The second-order valence-electron chi connectivity index (χ2n) is 4.61. The summed E-state index contributed by atoms with van der Waals surface area (Å²) in [5.41, 5.74) is 0.734. The van der Waals surface area contributed by atoms with Gasteiger partial charge in [0.15, 0.2) is 5.03 Å². The van der Waals surface area contributed by atoms with Crippen LogP contribution in [0.2, 0.25) is 0 Å². The lowest BCUT2D eigenvalue weighted by molar-refractivity contribution is 0.281. The highest BCUT2D eigenvalue weighted by Crippen LogP contribution is 2.20. The fourth-order valence-electron chi connectivity index (χ4n) is 2.26. The average molecular weight is 272 g/mol. The summed E-state index contributed by atoms with van der Waals surface area (Å²) >= 11 is 0. The number of nitrogens with zero attached hydrogens (tertiary/aromatic N) is 3. The molecule has 6 nitrogen and oxygen atoms in total. The largest absolute Gasteiger partial charge is 0.314 e. The Kier molecular flexibility index (Phi) is 3.74. The van der Waals surface area contributed by atoms with Gasteiger partial charge in [-0.05, 0) is 26.8 Å². The van der Waals surface area contributed by atoms with Gasteiger partial charge in [0.25, 0.3) is 10.0 Å². The van der Waals surface area contributed by atoms with Crippen molar-refractivity contribution in [3.05, 3.63) is 11.8 Å². The van der Waals surface area contributed by atoms with E-state index in [9.17, 15) is 8.42 Å². The summed E-state index contributed by atoms with van der Waals surface area (Å²) in [5.74, 6) is 0. The number of hydrogen-bond acceptors (Lipinski definition) is 4. The molecule has 0 aliphatic carbocycles. The third-order valence-corrected chi connectivity index (χ3v) is 5.20. The van der Waals surface area contributed by atoms with Crippen LogP contribution in [0.15, 0.2) is 11.1 Å². The molecular formula is C11H20N4O2S. The summed E-state index contributed by atoms with van der Waals surface area (Å²) < 4.78 is 28.4. The van der Waals surface area contributed by atoms with E-state index in [1.165, 1.54) is 0 Å². The Bertz CT molecular complexity index is 523. The maximum Gasteiger partial charge on any atom is 0.260 e. The Morgan fingerprint density at radius 1 is 1.56 bits per heavy atom. The Morgan fingerprint density at radius 3 is 2.89 bits per heavy atom. The summed E-state index contributed by atoms with van der Waals surface area (Å²) in [4.78, 5) is 0. The lowest BCUT2D eigenvalue weighted by Crippen LogP contribution is -2.52. The Labute approximate surface area is 108 Å². The van der Waals surface area contributed by atoms with Gasteiger partial charge in [-0.1, -0.05) is 0 Å². The fourth-order valence-corrected chi connectivity index (χ4v) is 4.13. The standard InChI is InChI=1S/C11H20N4O2S/c1-4-14-11(7-9(2)13-14)18(16,17)15-6-5-12-8-10(15)3/h7,10,12H,4-6,8H2,1-3H3/t10-/m1/s1. The van der Waals surface area contributed by atoms with Crippen LogP contribution in [0.4, 0.5) is 0 Å². The zero-order chi connectivity index (χ0) is 13.3. The Balaban J connectivity index is 2.40. The van der Waals surface area contributed by atoms with Gasteiger partial charge in [0, 0.05) is 32.2 Å². The van der Waals surface area contributed by atoms with E-state index in [4.69, 9.17) is 0 Å². The minimum Gasteiger partial charge on any atom is -0.314 e. The van der Waals surface area contributed by atoms with Gasteiger partial charge in [-0.2, -0.15) is 9.40 Å². The van der Waals surface area contributed by atoms with E-state index < -0.39 is 10.0 Å². The first-order valence-corrected chi connectivity index (χ1v) is 7.68. The average Bonchev–Trinajstić information content (AvgIpc) is 2.71. The summed E-state index contributed by atoms with van der Waals surface area (Å²) in [6.07, 6.45) is 0. The molecule has 1 aliphatic heterocycles. The number of aromatic nitrogens is 2. The first-order valence-electron chi connectivity index (χ1n) is 6.24. The van der Waals surface area contributed by atoms with Crippen LogP contribution in [0.25, 0.3) is 0 Å². The second kappa shape index (κ2) is 4.99. The minimum atomic E-state index is -3.44. The van der Waals surface area contributed by atoms with E-state index in [0.717, 1.165) is 5.69 Å². The van der Waals surface area contributed by atoms with Gasteiger partial charge in [-0.15, -0.1) is 0 Å². The topological polar surface area (TPSA) is 67.2 Å². The van der Waals surface area contributed by atoms with Gasteiger partial charge in [-0.25, -0.2) is 8.42 Å². The number of aryl methyl sites for hydroxylation is 2. The highest BCUT2D eigenvalue weighted by atomic mass is 32.2. The summed E-state index contributed by atoms with van der Waals surface area (Å²) in [6, 6.07) is 1.62. The molecule has 1 atom stereocenters. The molecule has 0 spiro atoms. The van der Waals surface area contributed by atoms with Gasteiger partial charge < -0.3 is 5.32 Å². The normalized spacial score (nSPS) is 22.3. The molecule has 7 heteroatoms. The summed E-state index contributed by atoms with van der Waals surface area (Å²) in [6.45, 7) is 8.09. The van der Waals surface area contributed by atoms with E-state index in [-0.39, 0.29) is 6.04 Å². The first-order chi connectivity index (χ1) is 8.46. The lowest BCUT2D eigenvalue weighted by Gasteiger charge is -2.32. The molecule has 18 heavy (non-hydrogen) atoms. The molecule has 1 aliphatic rings. The molecule has 1 N–H and O–H groups in total. The van der Waals surface area contributed by atoms with Crippen molar-refractivity contribution in [2.45, 2.75) is 38.4 Å². The van der Waals surface area contributed by atoms with Crippen LogP contribution in [0.5, 0.6) is 0 Å². The molecule has 0 radical (unpaired) electrons. The zero-order valence-electron chi connectivity index (χ0n) is 11.0. The smallest absolute Gasteiger partial charge is 0.260 e. The van der Waals surface area contributed by atoms with Crippen molar-refractivity contribution in [1.29, 1.82) is 0 Å². The van der Waals surface area contributed by atoms with Crippen molar-refractivity contribution in [2.75, 3.05) is 19.6 Å². The maximum absolute atomic E-state index is 12.6. The summed E-state index contributed by atoms with van der Waals surface area (Å²) in [7, 11) is -3.44. The predicted octanol–water partition coefficient (Wildman–Crippen LogP) is 0.194. The number of piperazine rings is 1. The summed E-state index contributed by atoms with van der Waals surface area (Å²) in [5, 5.41) is 7.71. The SMILES string of the molecule is CCn1nc(C)cc1S(=O)(=O)N1CCNC[C@H]1C. The molecule has 2 rings (SSSR count). The van der Waals surface area contributed by atoms with Crippen LogP contribution in [-0.4, -0.2) is 48.2 Å². The highest BCUT2D eigenvalue weighted by molar-refractivity contribution is 7.89. The van der Waals surface area contributed by atoms with Crippen molar-refractivity contribution in [2.24, 2.45) is 0 Å². The van der Waals surface area contributed by atoms with Gasteiger partial charge >= 0.3 is 0 Å². The van der Waals surface area contributed by atoms with Crippen molar-refractivity contribution in [1.82, 2.24) is 19.4 Å². The van der Waals surface area contributed by atoms with Gasteiger partial charge in [0.1, 0.15) is 0 Å².